The van der Waals surface area contributed by atoms with Crippen molar-refractivity contribution < 1.29 is 14.4 Å². The zero-order chi connectivity index (χ0) is 14.8. The Morgan fingerprint density at radius 2 is 2.10 bits per heavy atom. The van der Waals surface area contributed by atoms with Crippen LogP contribution in [0, 0.1) is 0 Å². The predicted octanol–water partition coefficient (Wildman–Crippen LogP) is -0.610. The summed E-state index contributed by atoms with van der Waals surface area (Å²) in [5.41, 5.74) is 0. The van der Waals surface area contributed by atoms with Gasteiger partial charge in [0.1, 0.15) is 6.04 Å². The molecule has 9 heteroatoms. The van der Waals surface area contributed by atoms with E-state index < -0.39 is 18.0 Å². The maximum Gasteiger partial charge on any atom is 0.322 e. The number of rotatable bonds is 3. The molecule has 2 saturated heterocycles. The number of hydrogen-bond donors (Lipinski definition) is 2. The summed E-state index contributed by atoms with van der Waals surface area (Å²) >= 11 is 1.58. The Bertz CT molecular complexity index is 553. The van der Waals surface area contributed by atoms with E-state index in [0.29, 0.717) is 13.1 Å². The van der Waals surface area contributed by atoms with Gasteiger partial charge in [-0.3, -0.25) is 14.9 Å². The van der Waals surface area contributed by atoms with Crippen LogP contribution in [0.25, 0.3) is 0 Å². The first-order valence-corrected chi connectivity index (χ1v) is 7.55. The van der Waals surface area contributed by atoms with E-state index in [1.807, 2.05) is 5.38 Å². The van der Waals surface area contributed by atoms with Crippen molar-refractivity contribution in [2.45, 2.75) is 12.5 Å². The van der Waals surface area contributed by atoms with Crippen LogP contribution >= 0.6 is 11.3 Å². The fourth-order valence-corrected chi connectivity index (χ4v) is 3.12. The fraction of sp³-hybridized carbons (Fsp3) is 0.500. The molecule has 1 atom stereocenters. The number of thiazole rings is 1. The van der Waals surface area contributed by atoms with Gasteiger partial charge in [0.05, 0.1) is 6.42 Å². The Labute approximate surface area is 125 Å². The normalized spacial score (nSPS) is 22.2. The van der Waals surface area contributed by atoms with Gasteiger partial charge in [0.25, 0.3) is 5.91 Å². The smallest absolute Gasteiger partial charge is 0.322 e. The first-order chi connectivity index (χ1) is 10.1. The summed E-state index contributed by atoms with van der Waals surface area (Å²) in [6.45, 7) is 2.65. The third kappa shape index (κ3) is 2.97. The van der Waals surface area contributed by atoms with Crippen LogP contribution in [0.1, 0.15) is 6.42 Å². The topological polar surface area (TPSA) is 94.6 Å². The van der Waals surface area contributed by atoms with Crippen LogP contribution in [0.5, 0.6) is 0 Å². The van der Waals surface area contributed by atoms with E-state index >= 15 is 0 Å². The summed E-state index contributed by atoms with van der Waals surface area (Å²) in [5.74, 6) is -0.550. The minimum absolute atomic E-state index is 0.00876. The van der Waals surface area contributed by atoms with Gasteiger partial charge in [0, 0.05) is 37.8 Å². The van der Waals surface area contributed by atoms with Crippen molar-refractivity contribution in [3.8, 4) is 0 Å². The molecule has 0 aliphatic carbocycles. The second-order valence-corrected chi connectivity index (χ2v) is 5.77. The van der Waals surface area contributed by atoms with E-state index in [-0.39, 0.29) is 12.3 Å². The highest BCUT2D eigenvalue weighted by Gasteiger charge is 2.33. The van der Waals surface area contributed by atoms with Crippen molar-refractivity contribution in [3.63, 3.8) is 0 Å². The number of carbonyl (C=O) groups excluding carboxylic acids is 3. The number of piperazine rings is 1. The standard InChI is InChI=1S/C12H15N5O3S/c18-9(7-8-10(19)15-11(20)14-8)16-2-4-17(5-3-16)12-13-1-6-21-12/h1,6,8H,2-5,7H2,(H2,14,15,19,20)/t8-/m0/s1. The van der Waals surface area contributed by atoms with E-state index in [4.69, 9.17) is 0 Å². The molecule has 2 aliphatic heterocycles. The van der Waals surface area contributed by atoms with Crippen molar-refractivity contribution in [2.24, 2.45) is 0 Å². The average Bonchev–Trinajstić information content (AvgIpc) is 3.10. The number of amides is 4. The van der Waals surface area contributed by atoms with E-state index in [1.54, 1.807) is 22.4 Å². The second kappa shape index (κ2) is 5.68. The Balaban J connectivity index is 1.51. The molecule has 2 aliphatic rings. The lowest BCUT2D eigenvalue weighted by Gasteiger charge is -2.34. The molecule has 112 valence electrons. The number of aromatic nitrogens is 1. The molecule has 0 saturated carbocycles. The van der Waals surface area contributed by atoms with Gasteiger partial charge in [0.15, 0.2) is 5.13 Å². The van der Waals surface area contributed by atoms with Gasteiger partial charge in [-0.15, -0.1) is 11.3 Å². The van der Waals surface area contributed by atoms with Gasteiger partial charge in [-0.2, -0.15) is 0 Å². The van der Waals surface area contributed by atoms with Crippen LogP contribution in [-0.4, -0.2) is 60.0 Å². The molecule has 3 heterocycles. The molecule has 1 aromatic heterocycles. The fourth-order valence-electron chi connectivity index (χ4n) is 2.43. The monoisotopic (exact) mass is 309 g/mol. The molecule has 4 amide bonds. The summed E-state index contributed by atoms with van der Waals surface area (Å²) in [4.78, 5) is 42.7. The zero-order valence-corrected chi connectivity index (χ0v) is 12.1. The predicted molar refractivity (Wildman–Crippen MR) is 76.0 cm³/mol. The molecule has 0 spiro atoms. The summed E-state index contributed by atoms with van der Waals surface area (Å²) < 4.78 is 0. The summed E-state index contributed by atoms with van der Waals surface area (Å²) in [6.07, 6.45) is 1.77. The zero-order valence-electron chi connectivity index (χ0n) is 11.2. The SMILES string of the molecule is O=C1NC(=O)[C@H](CC(=O)N2CCN(c3nccs3)CC2)N1. The van der Waals surface area contributed by atoms with Crippen molar-refractivity contribution in [2.75, 3.05) is 31.1 Å². The Morgan fingerprint density at radius 1 is 1.33 bits per heavy atom. The maximum atomic E-state index is 12.2. The summed E-state index contributed by atoms with van der Waals surface area (Å²) in [6, 6.07) is -1.28. The first kappa shape index (κ1) is 13.8. The highest BCUT2D eigenvalue weighted by Crippen LogP contribution is 2.19. The maximum absolute atomic E-state index is 12.2. The molecule has 1 aromatic rings. The molecule has 8 nitrogen and oxygen atoms in total. The quantitative estimate of drug-likeness (QED) is 0.726. The van der Waals surface area contributed by atoms with Crippen LogP contribution < -0.4 is 15.5 Å². The molecule has 0 radical (unpaired) electrons. The number of carbonyl (C=O) groups is 3. The minimum Gasteiger partial charge on any atom is -0.345 e. The largest absolute Gasteiger partial charge is 0.345 e. The minimum atomic E-state index is -0.748. The molecule has 0 unspecified atom stereocenters. The van der Waals surface area contributed by atoms with Gasteiger partial charge in [0.2, 0.25) is 5.91 Å². The lowest BCUT2D eigenvalue weighted by molar-refractivity contribution is -0.134. The van der Waals surface area contributed by atoms with Gasteiger partial charge in [-0.1, -0.05) is 0 Å². The van der Waals surface area contributed by atoms with Gasteiger partial charge >= 0.3 is 6.03 Å². The number of imide groups is 1. The molecular weight excluding hydrogens is 294 g/mol. The highest BCUT2D eigenvalue weighted by atomic mass is 32.1. The number of anilines is 1. The third-order valence-corrected chi connectivity index (χ3v) is 4.39. The third-order valence-electron chi connectivity index (χ3n) is 3.56. The first-order valence-electron chi connectivity index (χ1n) is 6.67. The van der Waals surface area contributed by atoms with Gasteiger partial charge < -0.3 is 15.1 Å². The van der Waals surface area contributed by atoms with Gasteiger partial charge in [-0.05, 0) is 0 Å². The van der Waals surface area contributed by atoms with Crippen LogP contribution in [0.2, 0.25) is 0 Å². The Hall–Kier alpha value is -2.16. The van der Waals surface area contributed by atoms with E-state index in [9.17, 15) is 14.4 Å². The molecule has 0 bridgehead atoms. The average molecular weight is 309 g/mol. The van der Waals surface area contributed by atoms with Crippen LogP contribution in [-0.2, 0) is 9.59 Å². The molecule has 0 aromatic carbocycles. The second-order valence-electron chi connectivity index (χ2n) is 4.90. The number of nitrogens with zero attached hydrogens (tertiary/aromatic N) is 3. The number of nitrogens with one attached hydrogen (secondary N) is 2. The Kier molecular flexibility index (Phi) is 3.74. The van der Waals surface area contributed by atoms with E-state index in [2.05, 4.69) is 20.5 Å². The molecule has 3 rings (SSSR count). The van der Waals surface area contributed by atoms with Crippen molar-refractivity contribution in [3.05, 3.63) is 11.6 Å². The van der Waals surface area contributed by atoms with E-state index in [0.717, 1.165) is 18.2 Å². The molecule has 2 N–H and O–H groups in total. The van der Waals surface area contributed by atoms with E-state index in [1.165, 1.54) is 0 Å². The summed E-state index contributed by atoms with van der Waals surface area (Å²) in [5, 5.41) is 7.45. The van der Waals surface area contributed by atoms with Crippen LogP contribution in [0.4, 0.5) is 9.93 Å². The van der Waals surface area contributed by atoms with Crippen LogP contribution in [0.3, 0.4) is 0 Å². The van der Waals surface area contributed by atoms with Crippen molar-refractivity contribution in [1.82, 2.24) is 20.5 Å². The molecule has 21 heavy (non-hydrogen) atoms. The molecular formula is C12H15N5O3S. The van der Waals surface area contributed by atoms with Crippen molar-refractivity contribution in [1.29, 1.82) is 0 Å². The van der Waals surface area contributed by atoms with Crippen molar-refractivity contribution >= 4 is 34.3 Å². The number of hydrogen-bond acceptors (Lipinski definition) is 6. The Morgan fingerprint density at radius 3 is 2.67 bits per heavy atom. The van der Waals surface area contributed by atoms with Crippen LogP contribution in [0.15, 0.2) is 11.6 Å². The number of urea groups is 1. The lowest BCUT2D eigenvalue weighted by Crippen LogP contribution is -2.50. The van der Waals surface area contributed by atoms with Gasteiger partial charge in [-0.25, -0.2) is 9.78 Å². The highest BCUT2D eigenvalue weighted by molar-refractivity contribution is 7.13. The molecule has 2 fully saturated rings. The lowest BCUT2D eigenvalue weighted by atomic mass is 10.2. The summed E-state index contributed by atoms with van der Waals surface area (Å²) in [7, 11) is 0.